The first-order valence-corrected chi connectivity index (χ1v) is 3.69. The predicted molar refractivity (Wildman–Crippen MR) is 44.2 cm³/mol. The highest BCUT2D eigenvalue weighted by Crippen LogP contribution is 1.93. The molecule has 0 saturated carbocycles. The molecule has 0 radical (unpaired) electrons. The topological polar surface area (TPSA) is 55.4 Å². The molecule has 4 heteroatoms. The van der Waals surface area contributed by atoms with Gasteiger partial charge in [0.25, 0.3) is 0 Å². The Morgan fingerprint density at radius 3 is 2.42 bits per heavy atom. The van der Waals surface area contributed by atoms with Gasteiger partial charge in [-0.25, -0.2) is 4.79 Å². The van der Waals surface area contributed by atoms with Gasteiger partial charge in [-0.1, -0.05) is 0 Å². The van der Waals surface area contributed by atoms with Crippen LogP contribution in [0.3, 0.4) is 0 Å². The zero-order valence-electron chi connectivity index (χ0n) is 7.51. The standard InChI is InChI=1S/C8H13NO3/c1-4-12-8(11)6(2)5-9-7(3)10/h5H,4H2,1-3H3,(H,9,10)/b6-5+. The highest BCUT2D eigenvalue weighted by Gasteiger charge is 2.03. The summed E-state index contributed by atoms with van der Waals surface area (Å²) in [6.07, 6.45) is 1.33. The van der Waals surface area contributed by atoms with Crippen LogP contribution in [0.2, 0.25) is 0 Å². The van der Waals surface area contributed by atoms with Crippen molar-refractivity contribution in [1.82, 2.24) is 5.32 Å². The van der Waals surface area contributed by atoms with Gasteiger partial charge in [0.15, 0.2) is 0 Å². The van der Waals surface area contributed by atoms with Gasteiger partial charge < -0.3 is 10.1 Å². The van der Waals surface area contributed by atoms with Crippen molar-refractivity contribution in [2.45, 2.75) is 20.8 Å². The van der Waals surface area contributed by atoms with E-state index in [1.165, 1.54) is 13.1 Å². The van der Waals surface area contributed by atoms with Crippen LogP contribution < -0.4 is 5.32 Å². The monoisotopic (exact) mass is 171 g/mol. The van der Waals surface area contributed by atoms with Crippen LogP contribution in [0.1, 0.15) is 20.8 Å². The number of hydrogen-bond acceptors (Lipinski definition) is 3. The average molecular weight is 171 g/mol. The van der Waals surface area contributed by atoms with Gasteiger partial charge in [0.05, 0.1) is 12.2 Å². The van der Waals surface area contributed by atoms with Gasteiger partial charge >= 0.3 is 5.97 Å². The molecule has 12 heavy (non-hydrogen) atoms. The van der Waals surface area contributed by atoms with Crippen LogP contribution in [0, 0.1) is 0 Å². The van der Waals surface area contributed by atoms with Crippen molar-refractivity contribution in [3.63, 3.8) is 0 Å². The zero-order valence-corrected chi connectivity index (χ0v) is 7.51. The van der Waals surface area contributed by atoms with E-state index in [1.807, 2.05) is 0 Å². The number of rotatable bonds is 3. The van der Waals surface area contributed by atoms with Crippen LogP contribution in [0.25, 0.3) is 0 Å². The summed E-state index contributed by atoms with van der Waals surface area (Å²) < 4.78 is 4.68. The van der Waals surface area contributed by atoms with E-state index in [2.05, 4.69) is 10.1 Å². The Hall–Kier alpha value is -1.32. The summed E-state index contributed by atoms with van der Waals surface area (Å²) in [4.78, 5) is 21.3. The van der Waals surface area contributed by atoms with E-state index in [-0.39, 0.29) is 5.91 Å². The molecule has 0 rings (SSSR count). The molecule has 0 aromatic heterocycles. The second-order valence-corrected chi connectivity index (χ2v) is 2.25. The predicted octanol–water partition coefficient (Wildman–Crippen LogP) is 0.589. The normalized spacial score (nSPS) is 10.8. The molecule has 0 spiro atoms. The fraction of sp³-hybridized carbons (Fsp3) is 0.500. The third-order valence-corrected chi connectivity index (χ3v) is 1.09. The molecule has 0 fully saturated rings. The molecular formula is C8H13NO3. The first-order valence-electron chi connectivity index (χ1n) is 3.69. The molecule has 0 saturated heterocycles. The van der Waals surface area contributed by atoms with Crippen molar-refractivity contribution >= 4 is 11.9 Å². The summed E-state index contributed by atoms with van der Waals surface area (Å²) in [7, 11) is 0. The molecule has 0 aliphatic carbocycles. The number of hydrogen-bond donors (Lipinski definition) is 1. The number of carbonyl (C=O) groups excluding carboxylic acids is 2. The highest BCUT2D eigenvalue weighted by atomic mass is 16.5. The van der Waals surface area contributed by atoms with E-state index in [1.54, 1.807) is 13.8 Å². The van der Waals surface area contributed by atoms with Crippen LogP contribution in [-0.4, -0.2) is 18.5 Å². The van der Waals surface area contributed by atoms with Gasteiger partial charge in [-0.15, -0.1) is 0 Å². The Balaban J connectivity index is 3.99. The second-order valence-electron chi connectivity index (χ2n) is 2.25. The van der Waals surface area contributed by atoms with Crippen molar-refractivity contribution in [3.8, 4) is 0 Å². The molecule has 0 heterocycles. The lowest BCUT2D eigenvalue weighted by Gasteiger charge is -2.00. The smallest absolute Gasteiger partial charge is 0.335 e. The molecule has 0 atom stereocenters. The molecule has 0 bridgehead atoms. The van der Waals surface area contributed by atoms with Crippen LogP contribution >= 0.6 is 0 Å². The summed E-state index contributed by atoms with van der Waals surface area (Å²) in [6.45, 7) is 5.01. The SMILES string of the molecule is CCOC(=O)/C(C)=C/NC(C)=O. The van der Waals surface area contributed by atoms with Crippen LogP contribution in [-0.2, 0) is 14.3 Å². The highest BCUT2D eigenvalue weighted by molar-refractivity contribution is 5.88. The molecule has 0 aliphatic rings. The Labute approximate surface area is 71.6 Å². The first kappa shape index (κ1) is 10.7. The van der Waals surface area contributed by atoms with Crippen molar-refractivity contribution in [3.05, 3.63) is 11.8 Å². The molecule has 0 aromatic rings. The minimum Gasteiger partial charge on any atom is -0.463 e. The Bertz CT molecular complexity index is 208. The maximum atomic E-state index is 10.9. The Morgan fingerprint density at radius 2 is 2.00 bits per heavy atom. The van der Waals surface area contributed by atoms with E-state index in [0.717, 1.165) is 0 Å². The molecule has 0 aromatic carbocycles. The fourth-order valence-corrected chi connectivity index (χ4v) is 0.514. The number of carbonyl (C=O) groups is 2. The van der Waals surface area contributed by atoms with Crippen molar-refractivity contribution in [1.29, 1.82) is 0 Å². The molecular weight excluding hydrogens is 158 g/mol. The third kappa shape index (κ3) is 4.49. The zero-order chi connectivity index (χ0) is 9.56. The molecule has 4 nitrogen and oxygen atoms in total. The molecule has 1 N–H and O–H groups in total. The van der Waals surface area contributed by atoms with Crippen LogP contribution in [0.5, 0.6) is 0 Å². The van der Waals surface area contributed by atoms with Gasteiger partial charge in [-0.2, -0.15) is 0 Å². The van der Waals surface area contributed by atoms with Gasteiger partial charge in [-0.3, -0.25) is 4.79 Å². The summed E-state index contributed by atoms with van der Waals surface area (Å²) in [5.74, 6) is -0.620. The second kappa shape index (κ2) is 5.35. The van der Waals surface area contributed by atoms with E-state index in [9.17, 15) is 9.59 Å². The number of nitrogens with one attached hydrogen (secondary N) is 1. The van der Waals surface area contributed by atoms with Gasteiger partial charge in [0.1, 0.15) is 0 Å². The summed E-state index contributed by atoms with van der Waals surface area (Å²) >= 11 is 0. The lowest BCUT2D eigenvalue weighted by molar-refractivity contribution is -0.138. The van der Waals surface area contributed by atoms with E-state index in [0.29, 0.717) is 12.2 Å². The van der Waals surface area contributed by atoms with Crippen LogP contribution in [0.4, 0.5) is 0 Å². The maximum absolute atomic E-state index is 10.9. The number of amides is 1. The molecule has 0 aliphatic heterocycles. The van der Waals surface area contributed by atoms with Gasteiger partial charge in [-0.05, 0) is 13.8 Å². The van der Waals surface area contributed by atoms with E-state index >= 15 is 0 Å². The third-order valence-electron chi connectivity index (χ3n) is 1.09. The quantitative estimate of drug-likeness (QED) is 0.499. The van der Waals surface area contributed by atoms with E-state index in [4.69, 9.17) is 0 Å². The fourth-order valence-electron chi connectivity index (χ4n) is 0.514. The summed E-state index contributed by atoms with van der Waals surface area (Å²) in [5, 5.41) is 2.38. The minimum atomic E-state index is -0.411. The molecule has 1 amide bonds. The van der Waals surface area contributed by atoms with Crippen molar-refractivity contribution < 1.29 is 14.3 Å². The van der Waals surface area contributed by atoms with Crippen LogP contribution in [0.15, 0.2) is 11.8 Å². The summed E-state index contributed by atoms with van der Waals surface area (Å²) in [6, 6.07) is 0. The van der Waals surface area contributed by atoms with Gasteiger partial charge in [0, 0.05) is 13.1 Å². The lowest BCUT2D eigenvalue weighted by Crippen LogP contribution is -2.15. The Kier molecular flexibility index (Phi) is 4.76. The average Bonchev–Trinajstić information content (AvgIpc) is 2.00. The molecule has 68 valence electrons. The number of esters is 1. The van der Waals surface area contributed by atoms with Crippen molar-refractivity contribution in [2.24, 2.45) is 0 Å². The van der Waals surface area contributed by atoms with Crippen molar-refractivity contribution in [2.75, 3.05) is 6.61 Å². The minimum absolute atomic E-state index is 0.210. The molecule has 0 unspecified atom stereocenters. The first-order chi connectivity index (χ1) is 5.57. The lowest BCUT2D eigenvalue weighted by atomic mass is 10.3. The summed E-state index contributed by atoms with van der Waals surface area (Å²) in [5.41, 5.74) is 0.382. The Morgan fingerprint density at radius 1 is 1.42 bits per heavy atom. The van der Waals surface area contributed by atoms with E-state index < -0.39 is 5.97 Å². The maximum Gasteiger partial charge on any atom is 0.335 e. The largest absolute Gasteiger partial charge is 0.463 e. The number of ether oxygens (including phenoxy) is 1. The van der Waals surface area contributed by atoms with Gasteiger partial charge in [0.2, 0.25) is 5.91 Å².